The van der Waals surface area contributed by atoms with Gasteiger partial charge in [0.15, 0.2) is 5.17 Å². The standard InChI is InChI=1S/C13H17FN2S/c1-2-3-12-9-16-13(17-12)15-8-10-4-6-11(14)7-5-10/h4-7,12H,2-3,8-9H2,1H3,(H,15,16). The molecule has 4 heteroatoms. The number of thioether (sulfide) groups is 1. The van der Waals surface area contributed by atoms with E-state index in [9.17, 15) is 4.39 Å². The Bertz CT molecular complexity index is 389. The van der Waals surface area contributed by atoms with Gasteiger partial charge in [-0.25, -0.2) is 4.39 Å². The third-order valence-electron chi connectivity index (χ3n) is 2.68. The lowest BCUT2D eigenvalue weighted by atomic mass is 10.2. The molecular formula is C13H17FN2S. The Morgan fingerprint density at radius 1 is 1.41 bits per heavy atom. The molecule has 1 aromatic rings. The minimum Gasteiger partial charge on any atom is -0.361 e. The Kier molecular flexibility index (Phi) is 4.42. The number of halogens is 1. The largest absolute Gasteiger partial charge is 0.361 e. The highest BCUT2D eigenvalue weighted by atomic mass is 32.2. The zero-order valence-electron chi connectivity index (χ0n) is 9.95. The van der Waals surface area contributed by atoms with Crippen LogP contribution in [0.3, 0.4) is 0 Å². The first-order valence-corrected chi connectivity index (χ1v) is 6.85. The van der Waals surface area contributed by atoms with E-state index in [1.807, 2.05) is 11.8 Å². The first kappa shape index (κ1) is 12.4. The van der Waals surface area contributed by atoms with E-state index in [0.29, 0.717) is 11.8 Å². The van der Waals surface area contributed by atoms with Gasteiger partial charge in [-0.15, -0.1) is 0 Å². The van der Waals surface area contributed by atoms with Gasteiger partial charge in [0.25, 0.3) is 0 Å². The number of aliphatic imine (C=N–C) groups is 1. The van der Waals surface area contributed by atoms with Crippen LogP contribution in [0.25, 0.3) is 0 Å². The third-order valence-corrected chi connectivity index (χ3v) is 3.90. The molecule has 92 valence electrons. The van der Waals surface area contributed by atoms with Crippen LogP contribution in [0.4, 0.5) is 4.39 Å². The fraction of sp³-hybridized carbons (Fsp3) is 0.462. The van der Waals surface area contributed by atoms with Gasteiger partial charge in [0.05, 0.1) is 6.54 Å². The lowest BCUT2D eigenvalue weighted by Crippen LogP contribution is -2.18. The molecule has 1 heterocycles. The van der Waals surface area contributed by atoms with Crippen molar-refractivity contribution in [2.24, 2.45) is 4.99 Å². The van der Waals surface area contributed by atoms with Crippen molar-refractivity contribution < 1.29 is 4.39 Å². The normalized spacial score (nSPS) is 19.2. The van der Waals surface area contributed by atoms with Gasteiger partial charge in [0.2, 0.25) is 0 Å². The summed E-state index contributed by atoms with van der Waals surface area (Å²) in [5.74, 6) is -0.190. The first-order valence-electron chi connectivity index (χ1n) is 5.97. The van der Waals surface area contributed by atoms with Crippen LogP contribution >= 0.6 is 11.8 Å². The number of amidine groups is 1. The maximum absolute atomic E-state index is 12.7. The van der Waals surface area contributed by atoms with Crippen LogP contribution in [0.2, 0.25) is 0 Å². The average Bonchev–Trinajstić information content (AvgIpc) is 2.77. The highest BCUT2D eigenvalue weighted by Gasteiger charge is 2.17. The fourth-order valence-corrected chi connectivity index (χ4v) is 2.89. The molecule has 0 spiro atoms. The second-order valence-corrected chi connectivity index (χ2v) is 5.44. The summed E-state index contributed by atoms with van der Waals surface area (Å²) in [7, 11) is 0. The summed E-state index contributed by atoms with van der Waals surface area (Å²) in [6.07, 6.45) is 2.42. The molecule has 0 saturated heterocycles. The second-order valence-electron chi connectivity index (χ2n) is 4.15. The van der Waals surface area contributed by atoms with Crippen molar-refractivity contribution in [3.63, 3.8) is 0 Å². The van der Waals surface area contributed by atoms with Gasteiger partial charge in [0, 0.05) is 11.8 Å². The van der Waals surface area contributed by atoms with Crippen molar-refractivity contribution in [3.05, 3.63) is 35.6 Å². The molecule has 0 saturated carbocycles. The van der Waals surface area contributed by atoms with Crippen molar-refractivity contribution in [1.29, 1.82) is 0 Å². The molecule has 17 heavy (non-hydrogen) atoms. The zero-order valence-corrected chi connectivity index (χ0v) is 10.8. The highest BCUT2D eigenvalue weighted by Crippen LogP contribution is 2.23. The van der Waals surface area contributed by atoms with Crippen molar-refractivity contribution in [2.75, 3.05) is 6.54 Å². The van der Waals surface area contributed by atoms with Crippen molar-refractivity contribution in [3.8, 4) is 0 Å². The Balaban J connectivity index is 1.78. The molecule has 1 unspecified atom stereocenters. The second kappa shape index (κ2) is 6.05. The molecule has 0 fully saturated rings. The summed E-state index contributed by atoms with van der Waals surface area (Å²) >= 11 is 1.82. The molecule has 2 nitrogen and oxygen atoms in total. The number of benzene rings is 1. The van der Waals surface area contributed by atoms with Crippen LogP contribution in [-0.4, -0.2) is 17.0 Å². The minimum absolute atomic E-state index is 0.190. The van der Waals surface area contributed by atoms with Crippen LogP contribution in [0, 0.1) is 5.82 Å². The number of hydrogen-bond acceptors (Lipinski definition) is 3. The average molecular weight is 252 g/mol. The molecular weight excluding hydrogens is 235 g/mol. The van der Waals surface area contributed by atoms with Gasteiger partial charge in [-0.2, -0.15) is 0 Å². The molecule has 0 aromatic heterocycles. The predicted molar refractivity (Wildman–Crippen MR) is 71.8 cm³/mol. The number of nitrogens with zero attached hydrogens (tertiary/aromatic N) is 1. The molecule has 0 radical (unpaired) electrons. The van der Waals surface area contributed by atoms with Crippen LogP contribution in [0.1, 0.15) is 25.3 Å². The highest BCUT2D eigenvalue weighted by molar-refractivity contribution is 8.14. The van der Waals surface area contributed by atoms with Crippen molar-refractivity contribution in [1.82, 2.24) is 5.32 Å². The maximum Gasteiger partial charge on any atom is 0.157 e. The van der Waals surface area contributed by atoms with E-state index in [4.69, 9.17) is 0 Å². The lowest BCUT2D eigenvalue weighted by Gasteiger charge is -2.07. The first-order chi connectivity index (χ1) is 8.28. The molecule has 2 rings (SSSR count). The van der Waals surface area contributed by atoms with Gasteiger partial charge in [-0.1, -0.05) is 37.2 Å². The summed E-state index contributed by atoms with van der Waals surface area (Å²) in [5.41, 5.74) is 1.08. The SMILES string of the molecule is CCCC1CN=C(NCc2ccc(F)cc2)S1. The molecule has 1 N–H and O–H groups in total. The molecule has 1 aromatic carbocycles. The van der Waals surface area contributed by atoms with E-state index in [1.165, 1.54) is 25.0 Å². The zero-order chi connectivity index (χ0) is 12.1. The van der Waals surface area contributed by atoms with Gasteiger partial charge in [-0.3, -0.25) is 4.99 Å². The summed E-state index contributed by atoms with van der Waals surface area (Å²) in [6, 6.07) is 6.57. The van der Waals surface area contributed by atoms with E-state index < -0.39 is 0 Å². The molecule has 1 atom stereocenters. The van der Waals surface area contributed by atoms with E-state index in [1.54, 1.807) is 12.1 Å². The van der Waals surface area contributed by atoms with Gasteiger partial charge >= 0.3 is 0 Å². The van der Waals surface area contributed by atoms with E-state index in [2.05, 4.69) is 17.2 Å². The maximum atomic E-state index is 12.7. The lowest BCUT2D eigenvalue weighted by molar-refractivity contribution is 0.627. The Hall–Kier alpha value is -1.03. The van der Waals surface area contributed by atoms with Crippen LogP contribution < -0.4 is 5.32 Å². The van der Waals surface area contributed by atoms with E-state index in [0.717, 1.165) is 17.3 Å². The molecule has 0 aliphatic carbocycles. The van der Waals surface area contributed by atoms with Crippen LogP contribution in [0.5, 0.6) is 0 Å². The molecule has 0 amide bonds. The Morgan fingerprint density at radius 2 is 2.18 bits per heavy atom. The smallest absolute Gasteiger partial charge is 0.157 e. The number of hydrogen-bond donors (Lipinski definition) is 1. The molecule has 1 aliphatic rings. The van der Waals surface area contributed by atoms with E-state index in [-0.39, 0.29) is 5.82 Å². The monoisotopic (exact) mass is 252 g/mol. The van der Waals surface area contributed by atoms with E-state index >= 15 is 0 Å². The van der Waals surface area contributed by atoms with Crippen LogP contribution in [0.15, 0.2) is 29.3 Å². The van der Waals surface area contributed by atoms with Gasteiger partial charge < -0.3 is 5.32 Å². The van der Waals surface area contributed by atoms with Crippen molar-refractivity contribution in [2.45, 2.75) is 31.6 Å². The Morgan fingerprint density at radius 3 is 2.88 bits per heavy atom. The summed E-state index contributed by atoms with van der Waals surface area (Å²) in [4.78, 5) is 4.46. The molecule has 0 bridgehead atoms. The molecule has 1 aliphatic heterocycles. The number of rotatable bonds is 4. The number of nitrogens with one attached hydrogen (secondary N) is 1. The summed E-state index contributed by atoms with van der Waals surface area (Å²) < 4.78 is 12.7. The predicted octanol–water partition coefficient (Wildman–Crippen LogP) is 3.19. The van der Waals surface area contributed by atoms with Crippen molar-refractivity contribution >= 4 is 16.9 Å². The minimum atomic E-state index is -0.190. The topological polar surface area (TPSA) is 24.4 Å². The summed E-state index contributed by atoms with van der Waals surface area (Å²) in [5, 5.41) is 4.95. The Labute approximate surface area is 106 Å². The van der Waals surface area contributed by atoms with Gasteiger partial charge in [0.1, 0.15) is 5.82 Å². The quantitative estimate of drug-likeness (QED) is 0.890. The summed E-state index contributed by atoms with van der Waals surface area (Å²) in [6.45, 7) is 3.83. The fourth-order valence-electron chi connectivity index (χ4n) is 1.77. The van der Waals surface area contributed by atoms with Crippen LogP contribution in [-0.2, 0) is 6.54 Å². The third kappa shape index (κ3) is 3.73. The van der Waals surface area contributed by atoms with Gasteiger partial charge in [-0.05, 0) is 24.1 Å².